The largest absolute Gasteiger partial charge is 0.486 e. The molecule has 0 atom stereocenters. The quantitative estimate of drug-likeness (QED) is 0.405. The van der Waals surface area contributed by atoms with Crippen LogP contribution >= 0.6 is 15.9 Å². The Balaban J connectivity index is 1.82. The highest BCUT2D eigenvalue weighted by Crippen LogP contribution is 2.36. The Bertz CT molecular complexity index is 1260. The maximum absolute atomic E-state index is 13.1. The van der Waals surface area contributed by atoms with E-state index in [1.165, 1.54) is 10.8 Å². The number of carbonyl (C=O) groups excluding carboxylic acids is 2. The van der Waals surface area contributed by atoms with Crippen molar-refractivity contribution < 1.29 is 19.1 Å². The number of carbonyl (C=O) groups is 2. The second-order valence-corrected chi connectivity index (χ2v) is 7.45. The van der Waals surface area contributed by atoms with E-state index in [1.807, 2.05) is 48.5 Å². The summed E-state index contributed by atoms with van der Waals surface area (Å²) in [6, 6.07) is 15.2. The minimum atomic E-state index is -0.527. The molecule has 0 aliphatic rings. The lowest BCUT2D eigenvalue weighted by Gasteiger charge is -2.16. The van der Waals surface area contributed by atoms with Crippen molar-refractivity contribution in [2.24, 2.45) is 0 Å². The summed E-state index contributed by atoms with van der Waals surface area (Å²) < 4.78 is 13.3. The molecule has 2 aromatic heterocycles. The minimum Gasteiger partial charge on any atom is -0.486 e. The van der Waals surface area contributed by atoms with Gasteiger partial charge in [0.1, 0.15) is 19.5 Å². The molecule has 2 aromatic carbocycles. The highest BCUT2D eigenvalue weighted by atomic mass is 79.9. The fourth-order valence-corrected chi connectivity index (χ4v) is 3.81. The summed E-state index contributed by atoms with van der Waals surface area (Å²) >= 11 is 3.56. The van der Waals surface area contributed by atoms with Crippen LogP contribution in [0.3, 0.4) is 0 Å². The van der Waals surface area contributed by atoms with E-state index in [2.05, 4.69) is 31.3 Å². The first kappa shape index (κ1) is 20.8. The predicted octanol–water partition coefficient (Wildman–Crippen LogP) is 3.52. The molecule has 0 aliphatic heterocycles. The van der Waals surface area contributed by atoms with E-state index < -0.39 is 11.9 Å². The first-order valence-corrected chi connectivity index (χ1v) is 10.4. The molecular weight excluding hydrogens is 464 g/mol. The molecule has 1 N–H and O–H groups in total. The van der Waals surface area contributed by atoms with Crippen molar-refractivity contribution in [1.29, 1.82) is 0 Å². The van der Waals surface area contributed by atoms with Crippen LogP contribution in [0, 0.1) is 0 Å². The zero-order valence-corrected chi connectivity index (χ0v) is 18.3. The third-order valence-electron chi connectivity index (χ3n) is 4.60. The molecule has 0 saturated heterocycles. The molecule has 4 aromatic rings. The van der Waals surface area contributed by atoms with Crippen LogP contribution in [0.15, 0.2) is 59.3 Å². The molecule has 158 valence electrons. The predicted molar refractivity (Wildman–Crippen MR) is 118 cm³/mol. The van der Waals surface area contributed by atoms with E-state index in [4.69, 9.17) is 9.47 Å². The van der Waals surface area contributed by atoms with Crippen LogP contribution < -0.4 is 10.1 Å². The Hall–Kier alpha value is -3.46. The van der Waals surface area contributed by atoms with Gasteiger partial charge in [-0.05, 0) is 18.6 Å². The molecule has 31 heavy (non-hydrogen) atoms. The van der Waals surface area contributed by atoms with Crippen LogP contribution in [0.2, 0.25) is 0 Å². The van der Waals surface area contributed by atoms with Crippen molar-refractivity contribution >= 4 is 44.2 Å². The van der Waals surface area contributed by atoms with Gasteiger partial charge in [-0.25, -0.2) is 9.50 Å². The Kier molecular flexibility index (Phi) is 6.13. The van der Waals surface area contributed by atoms with Crippen LogP contribution in [-0.2, 0) is 16.1 Å². The van der Waals surface area contributed by atoms with Gasteiger partial charge in [0.2, 0.25) is 0 Å². The summed E-state index contributed by atoms with van der Waals surface area (Å²) in [6.45, 7) is 1.92. The number of rotatable bonds is 7. The van der Waals surface area contributed by atoms with Gasteiger partial charge in [-0.3, -0.25) is 9.59 Å². The molecule has 0 unspecified atom stereocenters. The van der Waals surface area contributed by atoms with E-state index in [-0.39, 0.29) is 25.5 Å². The Morgan fingerprint density at radius 3 is 2.71 bits per heavy atom. The SMILES string of the molecule is CCOC(=O)CNC(=O)c1c(OCc2ccccc2)c2cccc(Br)c2c2ncnn12. The lowest BCUT2D eigenvalue weighted by Crippen LogP contribution is -2.32. The van der Waals surface area contributed by atoms with E-state index >= 15 is 0 Å². The van der Waals surface area contributed by atoms with Gasteiger partial charge in [0.25, 0.3) is 5.91 Å². The summed E-state index contributed by atoms with van der Waals surface area (Å²) in [6.07, 6.45) is 1.37. The number of esters is 1. The molecule has 1 amide bonds. The first-order valence-electron chi connectivity index (χ1n) is 9.64. The van der Waals surface area contributed by atoms with Crippen LogP contribution in [0.1, 0.15) is 23.0 Å². The van der Waals surface area contributed by atoms with Gasteiger partial charge in [-0.1, -0.05) is 58.4 Å². The van der Waals surface area contributed by atoms with Crippen molar-refractivity contribution in [3.63, 3.8) is 0 Å². The van der Waals surface area contributed by atoms with E-state index in [9.17, 15) is 9.59 Å². The number of benzene rings is 2. The van der Waals surface area contributed by atoms with Crippen molar-refractivity contribution in [1.82, 2.24) is 19.9 Å². The Morgan fingerprint density at radius 1 is 1.13 bits per heavy atom. The number of hydrogen-bond donors (Lipinski definition) is 1. The molecule has 8 nitrogen and oxygen atoms in total. The highest BCUT2D eigenvalue weighted by Gasteiger charge is 2.24. The molecule has 0 radical (unpaired) electrons. The second-order valence-electron chi connectivity index (χ2n) is 6.60. The third kappa shape index (κ3) is 4.22. The standard InChI is InChI=1S/C22H19BrN4O4/c1-2-30-17(28)11-24-22(29)19-20(31-12-14-7-4-3-5-8-14)15-9-6-10-16(23)18(15)21-25-13-26-27(19)21/h3-10,13H,2,11-12H2,1H3,(H,24,29). The summed E-state index contributed by atoms with van der Waals surface area (Å²) in [7, 11) is 0. The van der Waals surface area contributed by atoms with Gasteiger partial charge in [0, 0.05) is 15.2 Å². The first-order chi connectivity index (χ1) is 15.1. The molecule has 0 spiro atoms. The van der Waals surface area contributed by atoms with Crippen molar-refractivity contribution in [3.8, 4) is 5.75 Å². The lowest BCUT2D eigenvalue weighted by molar-refractivity contribution is -0.141. The van der Waals surface area contributed by atoms with Crippen molar-refractivity contribution in [2.45, 2.75) is 13.5 Å². The van der Waals surface area contributed by atoms with Crippen molar-refractivity contribution in [2.75, 3.05) is 13.2 Å². The summed E-state index contributed by atoms with van der Waals surface area (Å²) in [5.74, 6) is -0.700. The number of pyridine rings is 1. The van der Waals surface area contributed by atoms with E-state index in [0.717, 1.165) is 15.4 Å². The minimum absolute atomic E-state index is 0.151. The number of hydrogen-bond acceptors (Lipinski definition) is 6. The summed E-state index contributed by atoms with van der Waals surface area (Å²) in [5.41, 5.74) is 1.59. The summed E-state index contributed by atoms with van der Waals surface area (Å²) in [5, 5.41) is 8.30. The molecular formula is C22H19BrN4O4. The van der Waals surface area contributed by atoms with Gasteiger partial charge >= 0.3 is 5.97 Å². The molecule has 9 heteroatoms. The normalized spacial score (nSPS) is 10.9. The number of halogens is 1. The zero-order chi connectivity index (χ0) is 21.8. The van der Waals surface area contributed by atoms with Gasteiger partial charge in [0.05, 0.1) is 6.61 Å². The average molecular weight is 483 g/mol. The molecule has 0 bridgehead atoms. The van der Waals surface area contributed by atoms with Gasteiger partial charge in [-0.2, -0.15) is 5.10 Å². The average Bonchev–Trinajstić information content (AvgIpc) is 3.26. The highest BCUT2D eigenvalue weighted by molar-refractivity contribution is 9.10. The fraction of sp³-hybridized carbons (Fsp3) is 0.182. The zero-order valence-electron chi connectivity index (χ0n) is 16.7. The van der Waals surface area contributed by atoms with Crippen molar-refractivity contribution in [3.05, 3.63) is 70.6 Å². The maximum Gasteiger partial charge on any atom is 0.325 e. The van der Waals surface area contributed by atoms with Crippen LogP contribution in [-0.4, -0.2) is 39.6 Å². The van der Waals surface area contributed by atoms with Crippen LogP contribution in [0.25, 0.3) is 16.4 Å². The molecule has 0 aliphatic carbocycles. The maximum atomic E-state index is 13.1. The monoisotopic (exact) mass is 482 g/mol. The second kappa shape index (κ2) is 9.13. The molecule has 0 saturated carbocycles. The number of ether oxygens (including phenoxy) is 2. The third-order valence-corrected chi connectivity index (χ3v) is 5.26. The number of fused-ring (bicyclic) bond motifs is 3. The summed E-state index contributed by atoms with van der Waals surface area (Å²) in [4.78, 5) is 29.2. The van der Waals surface area contributed by atoms with Crippen LogP contribution in [0.5, 0.6) is 5.75 Å². The van der Waals surface area contributed by atoms with Gasteiger partial charge < -0.3 is 14.8 Å². The van der Waals surface area contributed by atoms with E-state index in [1.54, 1.807) is 6.92 Å². The van der Waals surface area contributed by atoms with Crippen LogP contribution in [0.4, 0.5) is 0 Å². The fourth-order valence-electron chi connectivity index (χ4n) is 3.26. The number of amides is 1. The number of nitrogens with zero attached hydrogens (tertiary/aromatic N) is 3. The number of aromatic nitrogens is 3. The smallest absolute Gasteiger partial charge is 0.325 e. The topological polar surface area (TPSA) is 94.8 Å². The lowest BCUT2D eigenvalue weighted by atomic mass is 10.1. The molecule has 0 fully saturated rings. The Morgan fingerprint density at radius 2 is 1.94 bits per heavy atom. The van der Waals surface area contributed by atoms with Gasteiger partial charge in [-0.15, -0.1) is 0 Å². The van der Waals surface area contributed by atoms with Gasteiger partial charge in [0.15, 0.2) is 17.1 Å². The number of nitrogens with one attached hydrogen (secondary N) is 1. The Labute approximate surface area is 186 Å². The van der Waals surface area contributed by atoms with E-state index in [0.29, 0.717) is 16.8 Å². The molecule has 2 heterocycles. The molecule has 4 rings (SSSR count).